The standard InChI is InChI=1S/C22H22ClN3O3/c1-14-20(21(26-29-14)17-6-2-3-7-18(17)23)22(27)25-15-9-11-16(12-10-15)28-19-8-4-5-13-24-19/h2-8,13,15-16H,9-12H2,1H3,(H,25,27). The Morgan fingerprint density at radius 3 is 2.62 bits per heavy atom. The van der Waals surface area contributed by atoms with Gasteiger partial charge in [-0.25, -0.2) is 4.98 Å². The number of rotatable bonds is 5. The minimum Gasteiger partial charge on any atom is -0.474 e. The minimum absolute atomic E-state index is 0.0828. The summed E-state index contributed by atoms with van der Waals surface area (Å²) in [5.41, 5.74) is 1.59. The Bertz CT molecular complexity index is 982. The Balaban J connectivity index is 1.40. The molecular formula is C22H22ClN3O3. The van der Waals surface area contributed by atoms with Crippen molar-refractivity contribution in [2.45, 2.75) is 44.8 Å². The molecule has 4 rings (SSSR count). The van der Waals surface area contributed by atoms with Crippen molar-refractivity contribution < 1.29 is 14.1 Å². The van der Waals surface area contributed by atoms with Gasteiger partial charge in [0, 0.05) is 23.9 Å². The molecule has 1 amide bonds. The van der Waals surface area contributed by atoms with Gasteiger partial charge < -0.3 is 14.6 Å². The van der Waals surface area contributed by atoms with E-state index in [2.05, 4.69) is 15.5 Å². The lowest BCUT2D eigenvalue weighted by Crippen LogP contribution is -2.40. The van der Waals surface area contributed by atoms with Crippen LogP contribution in [0.15, 0.2) is 53.2 Å². The molecule has 7 heteroatoms. The van der Waals surface area contributed by atoms with Crippen LogP contribution in [-0.4, -0.2) is 28.2 Å². The Kier molecular flexibility index (Phi) is 5.81. The highest BCUT2D eigenvalue weighted by Gasteiger charge is 2.28. The summed E-state index contributed by atoms with van der Waals surface area (Å²) in [4.78, 5) is 17.2. The number of pyridine rings is 1. The van der Waals surface area contributed by atoms with Crippen LogP contribution >= 0.6 is 11.6 Å². The number of ether oxygens (including phenoxy) is 1. The maximum absolute atomic E-state index is 13.0. The Morgan fingerprint density at radius 1 is 1.14 bits per heavy atom. The molecule has 150 valence electrons. The predicted molar refractivity (Wildman–Crippen MR) is 110 cm³/mol. The summed E-state index contributed by atoms with van der Waals surface area (Å²) in [6.45, 7) is 1.74. The van der Waals surface area contributed by atoms with Crippen LogP contribution in [0.4, 0.5) is 0 Å². The number of halogens is 1. The van der Waals surface area contributed by atoms with Gasteiger partial charge in [0.25, 0.3) is 5.91 Å². The minimum atomic E-state index is -0.187. The van der Waals surface area contributed by atoms with Gasteiger partial charge >= 0.3 is 0 Å². The summed E-state index contributed by atoms with van der Waals surface area (Å²) in [6.07, 6.45) is 5.25. The summed E-state index contributed by atoms with van der Waals surface area (Å²) in [5, 5.41) is 7.73. The molecule has 0 spiro atoms. The van der Waals surface area contributed by atoms with E-state index in [9.17, 15) is 4.79 Å². The van der Waals surface area contributed by atoms with Gasteiger partial charge in [0.15, 0.2) is 0 Å². The topological polar surface area (TPSA) is 77.2 Å². The normalized spacial score (nSPS) is 19.0. The molecule has 1 N–H and O–H groups in total. The lowest BCUT2D eigenvalue weighted by atomic mass is 9.92. The number of hydrogen-bond acceptors (Lipinski definition) is 5. The van der Waals surface area contributed by atoms with Gasteiger partial charge in [-0.1, -0.05) is 41.0 Å². The zero-order chi connectivity index (χ0) is 20.2. The van der Waals surface area contributed by atoms with Crippen LogP contribution in [0.1, 0.15) is 41.8 Å². The number of benzene rings is 1. The van der Waals surface area contributed by atoms with Crippen LogP contribution in [0.5, 0.6) is 5.88 Å². The van der Waals surface area contributed by atoms with E-state index in [0.717, 1.165) is 25.7 Å². The van der Waals surface area contributed by atoms with Crippen molar-refractivity contribution in [1.29, 1.82) is 0 Å². The largest absolute Gasteiger partial charge is 0.474 e. The Hall–Kier alpha value is -2.86. The molecule has 1 fully saturated rings. The van der Waals surface area contributed by atoms with Crippen LogP contribution in [0.25, 0.3) is 11.3 Å². The molecule has 0 saturated heterocycles. The molecule has 0 atom stereocenters. The van der Waals surface area contributed by atoms with Crippen LogP contribution in [0.2, 0.25) is 5.02 Å². The highest BCUT2D eigenvalue weighted by molar-refractivity contribution is 6.33. The van der Waals surface area contributed by atoms with E-state index in [-0.39, 0.29) is 18.1 Å². The quantitative estimate of drug-likeness (QED) is 0.651. The number of carbonyl (C=O) groups excluding carboxylic acids is 1. The second-order valence-electron chi connectivity index (χ2n) is 7.18. The first-order chi connectivity index (χ1) is 14.1. The van der Waals surface area contributed by atoms with E-state index in [0.29, 0.717) is 33.5 Å². The summed E-state index contributed by atoms with van der Waals surface area (Å²) in [5.74, 6) is 0.932. The smallest absolute Gasteiger partial charge is 0.257 e. The fourth-order valence-corrected chi connectivity index (χ4v) is 3.87. The van der Waals surface area contributed by atoms with E-state index < -0.39 is 0 Å². The highest BCUT2D eigenvalue weighted by Crippen LogP contribution is 2.31. The van der Waals surface area contributed by atoms with Crippen LogP contribution < -0.4 is 10.1 Å². The van der Waals surface area contributed by atoms with Crippen molar-refractivity contribution in [3.05, 3.63) is 65.0 Å². The molecule has 0 aliphatic heterocycles. The molecule has 2 heterocycles. The van der Waals surface area contributed by atoms with Crippen molar-refractivity contribution in [3.8, 4) is 17.1 Å². The molecule has 1 aromatic carbocycles. The number of nitrogens with zero attached hydrogens (tertiary/aromatic N) is 2. The number of carbonyl (C=O) groups is 1. The van der Waals surface area contributed by atoms with Gasteiger partial charge in [0.05, 0.1) is 5.02 Å². The zero-order valence-corrected chi connectivity index (χ0v) is 16.9. The van der Waals surface area contributed by atoms with Crippen molar-refractivity contribution in [2.24, 2.45) is 0 Å². The molecular weight excluding hydrogens is 390 g/mol. The molecule has 6 nitrogen and oxygen atoms in total. The summed E-state index contributed by atoms with van der Waals surface area (Å²) >= 11 is 6.29. The van der Waals surface area contributed by atoms with Gasteiger partial charge in [-0.05, 0) is 44.7 Å². The van der Waals surface area contributed by atoms with E-state index >= 15 is 0 Å². The average molecular weight is 412 g/mol. The van der Waals surface area contributed by atoms with Gasteiger partial charge in [0.2, 0.25) is 5.88 Å². The fraction of sp³-hybridized carbons (Fsp3) is 0.318. The molecule has 1 aliphatic rings. The summed E-state index contributed by atoms with van der Waals surface area (Å²) < 4.78 is 11.2. The van der Waals surface area contributed by atoms with Crippen LogP contribution in [0, 0.1) is 6.92 Å². The molecule has 3 aromatic rings. The molecule has 1 aliphatic carbocycles. The van der Waals surface area contributed by atoms with E-state index in [1.807, 2.05) is 36.4 Å². The average Bonchev–Trinajstić information content (AvgIpc) is 3.12. The first kappa shape index (κ1) is 19.5. The molecule has 0 radical (unpaired) electrons. The van der Waals surface area contributed by atoms with Crippen molar-refractivity contribution in [1.82, 2.24) is 15.5 Å². The van der Waals surface area contributed by atoms with Gasteiger partial charge in [0.1, 0.15) is 23.1 Å². The second-order valence-corrected chi connectivity index (χ2v) is 7.58. The lowest BCUT2D eigenvalue weighted by molar-refractivity contribution is 0.0889. The van der Waals surface area contributed by atoms with E-state index in [4.69, 9.17) is 20.9 Å². The van der Waals surface area contributed by atoms with Crippen molar-refractivity contribution in [2.75, 3.05) is 0 Å². The first-order valence-electron chi connectivity index (χ1n) is 9.71. The molecule has 0 bridgehead atoms. The number of amides is 1. The Morgan fingerprint density at radius 2 is 1.90 bits per heavy atom. The summed E-state index contributed by atoms with van der Waals surface area (Å²) in [6, 6.07) is 13.0. The van der Waals surface area contributed by atoms with Crippen molar-refractivity contribution in [3.63, 3.8) is 0 Å². The van der Waals surface area contributed by atoms with Crippen LogP contribution in [0.3, 0.4) is 0 Å². The predicted octanol–water partition coefficient (Wildman–Crippen LogP) is 4.82. The number of aryl methyl sites for hydroxylation is 1. The highest BCUT2D eigenvalue weighted by atomic mass is 35.5. The fourth-order valence-electron chi connectivity index (χ4n) is 3.65. The third kappa shape index (κ3) is 4.43. The van der Waals surface area contributed by atoms with Crippen LogP contribution in [-0.2, 0) is 0 Å². The maximum Gasteiger partial charge on any atom is 0.257 e. The molecule has 2 aromatic heterocycles. The maximum atomic E-state index is 13.0. The monoisotopic (exact) mass is 411 g/mol. The molecule has 0 unspecified atom stereocenters. The van der Waals surface area contributed by atoms with E-state index in [1.54, 1.807) is 19.2 Å². The van der Waals surface area contributed by atoms with Crippen molar-refractivity contribution >= 4 is 17.5 Å². The van der Waals surface area contributed by atoms with Gasteiger partial charge in [-0.15, -0.1) is 0 Å². The third-order valence-electron chi connectivity index (χ3n) is 5.15. The number of aromatic nitrogens is 2. The SMILES string of the molecule is Cc1onc(-c2ccccc2Cl)c1C(=O)NC1CCC(Oc2ccccn2)CC1. The third-order valence-corrected chi connectivity index (χ3v) is 5.48. The van der Waals surface area contributed by atoms with Gasteiger partial charge in [-0.2, -0.15) is 0 Å². The number of nitrogens with one attached hydrogen (secondary N) is 1. The zero-order valence-electron chi connectivity index (χ0n) is 16.1. The molecule has 29 heavy (non-hydrogen) atoms. The summed E-state index contributed by atoms with van der Waals surface area (Å²) in [7, 11) is 0. The number of hydrogen-bond donors (Lipinski definition) is 1. The lowest BCUT2D eigenvalue weighted by Gasteiger charge is -2.29. The first-order valence-corrected chi connectivity index (χ1v) is 10.1. The Labute approximate surface area is 174 Å². The molecule has 1 saturated carbocycles. The van der Waals surface area contributed by atoms with E-state index in [1.165, 1.54) is 0 Å². The van der Waals surface area contributed by atoms with Gasteiger partial charge in [-0.3, -0.25) is 4.79 Å². The second kappa shape index (κ2) is 8.66.